The van der Waals surface area contributed by atoms with Crippen molar-refractivity contribution in [3.05, 3.63) is 27.8 Å². The quantitative estimate of drug-likeness (QED) is 0.652. The minimum atomic E-state index is -0.560. The number of benzene rings is 1. The molecule has 1 heterocycles. The molecule has 1 unspecified atom stereocenters. The predicted octanol–water partition coefficient (Wildman–Crippen LogP) is 3.41. The molecule has 0 saturated carbocycles. The lowest BCUT2D eigenvalue weighted by atomic mass is 9.89. The zero-order valence-corrected chi connectivity index (χ0v) is 13.1. The summed E-state index contributed by atoms with van der Waals surface area (Å²) < 4.78 is 0.780. The molecule has 114 valence electrons. The van der Waals surface area contributed by atoms with Gasteiger partial charge in [0.05, 0.1) is 21.2 Å². The lowest BCUT2D eigenvalue weighted by molar-refractivity contribution is -0.382. The number of anilines is 1. The summed E-state index contributed by atoms with van der Waals surface area (Å²) in [4.78, 5) is 14.9. The number of fused-ring (bicyclic) bond motifs is 1. The van der Waals surface area contributed by atoms with Gasteiger partial charge in [-0.05, 0) is 24.0 Å². The minimum Gasteiger partial charge on any atom is -0.391 e. The predicted molar refractivity (Wildman–Crippen MR) is 84.8 cm³/mol. The molecule has 21 heavy (non-hydrogen) atoms. The van der Waals surface area contributed by atoms with E-state index in [2.05, 4.69) is 10.3 Å². The van der Waals surface area contributed by atoms with Gasteiger partial charge in [0.25, 0.3) is 0 Å². The fourth-order valence-electron chi connectivity index (χ4n) is 2.25. The molecule has 0 bridgehead atoms. The topological polar surface area (TPSA) is 88.3 Å². The first-order chi connectivity index (χ1) is 9.78. The molecule has 7 heteroatoms. The third kappa shape index (κ3) is 3.89. The fraction of sp³-hybridized carbons (Fsp3) is 0.500. The SMILES string of the molecule is CC(C)(C)CC(O)CNc1ccc2scnc2c1[N+](=O)[O-]. The van der Waals surface area contributed by atoms with E-state index in [9.17, 15) is 15.2 Å². The Morgan fingerprint density at radius 1 is 1.48 bits per heavy atom. The number of hydrogen-bond acceptors (Lipinski definition) is 6. The van der Waals surface area contributed by atoms with Crippen LogP contribution in [-0.2, 0) is 0 Å². The van der Waals surface area contributed by atoms with E-state index in [1.54, 1.807) is 17.6 Å². The van der Waals surface area contributed by atoms with Crippen LogP contribution >= 0.6 is 11.3 Å². The monoisotopic (exact) mass is 309 g/mol. The number of aliphatic hydroxyl groups excluding tert-OH is 1. The van der Waals surface area contributed by atoms with E-state index in [1.165, 1.54) is 11.3 Å². The highest BCUT2D eigenvalue weighted by atomic mass is 32.1. The Labute approximate surface area is 127 Å². The van der Waals surface area contributed by atoms with Crippen LogP contribution in [0.4, 0.5) is 11.4 Å². The first-order valence-electron chi connectivity index (χ1n) is 6.70. The Bertz CT molecular complexity index is 648. The van der Waals surface area contributed by atoms with Crippen LogP contribution in [-0.4, -0.2) is 27.7 Å². The summed E-state index contributed by atoms with van der Waals surface area (Å²) in [7, 11) is 0. The zero-order valence-electron chi connectivity index (χ0n) is 12.3. The summed E-state index contributed by atoms with van der Waals surface area (Å²) in [6, 6.07) is 3.47. The molecule has 1 aromatic carbocycles. The van der Waals surface area contributed by atoms with Gasteiger partial charge in [0.2, 0.25) is 0 Å². The largest absolute Gasteiger partial charge is 0.391 e. The van der Waals surface area contributed by atoms with Gasteiger partial charge in [0, 0.05) is 6.54 Å². The lowest BCUT2D eigenvalue weighted by Gasteiger charge is -2.22. The van der Waals surface area contributed by atoms with E-state index in [-0.39, 0.29) is 17.6 Å². The maximum atomic E-state index is 11.3. The summed E-state index contributed by atoms with van der Waals surface area (Å²) in [6.07, 6.45) is 0.0583. The summed E-state index contributed by atoms with van der Waals surface area (Å²) in [5.74, 6) is 0. The number of nitrogens with zero attached hydrogens (tertiary/aromatic N) is 2. The van der Waals surface area contributed by atoms with E-state index < -0.39 is 11.0 Å². The third-order valence-electron chi connectivity index (χ3n) is 3.03. The number of nitrogens with one attached hydrogen (secondary N) is 1. The van der Waals surface area contributed by atoms with Gasteiger partial charge in [0.15, 0.2) is 5.52 Å². The van der Waals surface area contributed by atoms with E-state index in [0.29, 0.717) is 17.6 Å². The Morgan fingerprint density at radius 2 is 2.19 bits per heavy atom. The van der Waals surface area contributed by atoms with Gasteiger partial charge in [-0.25, -0.2) is 4.98 Å². The highest BCUT2D eigenvalue weighted by molar-refractivity contribution is 7.16. The van der Waals surface area contributed by atoms with Crippen LogP contribution in [0.5, 0.6) is 0 Å². The van der Waals surface area contributed by atoms with Crippen molar-refractivity contribution in [1.82, 2.24) is 4.98 Å². The number of nitro benzene ring substituents is 1. The average molecular weight is 309 g/mol. The molecule has 0 aliphatic heterocycles. The summed E-state index contributed by atoms with van der Waals surface area (Å²) in [6.45, 7) is 6.40. The molecule has 0 aliphatic carbocycles. The van der Waals surface area contributed by atoms with E-state index in [0.717, 1.165) is 4.70 Å². The van der Waals surface area contributed by atoms with Crippen LogP contribution in [0.3, 0.4) is 0 Å². The van der Waals surface area contributed by atoms with Crippen molar-refractivity contribution in [1.29, 1.82) is 0 Å². The Hall–Kier alpha value is -1.73. The second kappa shape index (κ2) is 5.95. The van der Waals surface area contributed by atoms with Crippen LogP contribution < -0.4 is 5.32 Å². The standard InChI is InChI=1S/C14H19N3O3S/c1-14(2,3)6-9(18)7-15-10-4-5-11-12(16-8-21-11)13(10)17(19)20/h4-5,8-9,15,18H,6-7H2,1-3H3. The van der Waals surface area contributed by atoms with Gasteiger partial charge in [-0.3, -0.25) is 10.1 Å². The molecule has 6 nitrogen and oxygen atoms in total. The van der Waals surface area contributed by atoms with Gasteiger partial charge in [0.1, 0.15) is 5.69 Å². The van der Waals surface area contributed by atoms with Crippen LogP contribution in [0, 0.1) is 15.5 Å². The smallest absolute Gasteiger partial charge is 0.319 e. The molecule has 2 aromatic rings. The number of thiazole rings is 1. The van der Waals surface area contributed by atoms with E-state index >= 15 is 0 Å². The Kier molecular flexibility index (Phi) is 4.43. The summed E-state index contributed by atoms with van der Waals surface area (Å²) >= 11 is 1.37. The normalized spacial score (nSPS) is 13.3. The van der Waals surface area contributed by atoms with E-state index in [4.69, 9.17) is 0 Å². The lowest BCUT2D eigenvalue weighted by Crippen LogP contribution is -2.25. The van der Waals surface area contributed by atoms with Gasteiger partial charge < -0.3 is 10.4 Å². The maximum Gasteiger partial charge on any atom is 0.319 e. The fourth-order valence-corrected chi connectivity index (χ4v) is 2.93. The minimum absolute atomic E-state index is 0.00585. The molecule has 1 aromatic heterocycles. The molecule has 2 rings (SSSR count). The van der Waals surface area contributed by atoms with Gasteiger partial charge in [-0.2, -0.15) is 0 Å². The van der Waals surface area contributed by atoms with E-state index in [1.807, 2.05) is 20.8 Å². The first kappa shape index (κ1) is 15.7. The summed E-state index contributed by atoms with van der Waals surface area (Å²) in [5.41, 5.74) is 2.35. The van der Waals surface area contributed by atoms with Crippen LogP contribution in [0.15, 0.2) is 17.6 Å². The summed E-state index contributed by atoms with van der Waals surface area (Å²) in [5, 5.41) is 24.2. The van der Waals surface area contributed by atoms with Gasteiger partial charge in [-0.15, -0.1) is 11.3 Å². The second-order valence-corrected chi connectivity index (χ2v) is 7.10. The molecular formula is C14H19N3O3S. The highest BCUT2D eigenvalue weighted by Gasteiger charge is 2.22. The molecule has 1 atom stereocenters. The molecule has 0 radical (unpaired) electrons. The molecule has 0 amide bonds. The van der Waals surface area contributed by atoms with Crippen molar-refractivity contribution < 1.29 is 10.0 Å². The Morgan fingerprint density at radius 3 is 2.81 bits per heavy atom. The molecule has 0 aliphatic rings. The Balaban J connectivity index is 2.18. The number of nitro groups is 1. The highest BCUT2D eigenvalue weighted by Crippen LogP contribution is 2.34. The molecule has 2 N–H and O–H groups in total. The second-order valence-electron chi connectivity index (χ2n) is 6.22. The molecule has 0 spiro atoms. The van der Waals surface area contributed by atoms with Crippen molar-refractivity contribution in [3.8, 4) is 0 Å². The van der Waals surface area contributed by atoms with Crippen LogP contribution in [0.25, 0.3) is 10.2 Å². The van der Waals surface area contributed by atoms with Crippen LogP contribution in [0.1, 0.15) is 27.2 Å². The third-order valence-corrected chi connectivity index (χ3v) is 3.83. The number of aliphatic hydroxyl groups is 1. The van der Waals surface area contributed by atoms with Crippen molar-refractivity contribution in [2.75, 3.05) is 11.9 Å². The van der Waals surface area contributed by atoms with Crippen molar-refractivity contribution in [2.45, 2.75) is 33.3 Å². The molecular weight excluding hydrogens is 290 g/mol. The van der Waals surface area contributed by atoms with Crippen molar-refractivity contribution in [2.24, 2.45) is 5.41 Å². The molecule has 0 fully saturated rings. The maximum absolute atomic E-state index is 11.3. The van der Waals surface area contributed by atoms with Crippen LogP contribution in [0.2, 0.25) is 0 Å². The molecule has 0 saturated heterocycles. The van der Waals surface area contributed by atoms with Gasteiger partial charge in [-0.1, -0.05) is 20.8 Å². The number of hydrogen-bond donors (Lipinski definition) is 2. The number of rotatable bonds is 5. The zero-order chi connectivity index (χ0) is 15.6. The van der Waals surface area contributed by atoms with Crippen molar-refractivity contribution >= 4 is 32.9 Å². The van der Waals surface area contributed by atoms with Crippen molar-refractivity contribution in [3.63, 3.8) is 0 Å². The average Bonchev–Trinajstić information content (AvgIpc) is 2.80. The van der Waals surface area contributed by atoms with Gasteiger partial charge >= 0.3 is 5.69 Å². The number of aromatic nitrogens is 1. The first-order valence-corrected chi connectivity index (χ1v) is 7.58.